The molecule has 106 valence electrons. The normalized spacial score (nSPS) is 24.2. The van der Waals surface area contributed by atoms with Crippen molar-refractivity contribution >= 4 is 23.4 Å². The highest BCUT2D eigenvalue weighted by Crippen LogP contribution is 2.22. The van der Waals surface area contributed by atoms with Gasteiger partial charge in [-0.25, -0.2) is 9.97 Å². The maximum atomic E-state index is 4.53. The van der Waals surface area contributed by atoms with Crippen molar-refractivity contribution in [1.82, 2.24) is 14.9 Å². The third-order valence-corrected chi connectivity index (χ3v) is 4.13. The van der Waals surface area contributed by atoms with Gasteiger partial charge in [0.05, 0.1) is 0 Å². The van der Waals surface area contributed by atoms with E-state index in [0.29, 0.717) is 12.0 Å². The van der Waals surface area contributed by atoms with E-state index >= 15 is 0 Å². The number of hydrogen-bond acceptors (Lipinski definition) is 6. The van der Waals surface area contributed by atoms with Gasteiger partial charge in [-0.1, -0.05) is 18.7 Å². The Morgan fingerprint density at radius 2 is 2.11 bits per heavy atom. The molecule has 0 saturated carbocycles. The van der Waals surface area contributed by atoms with E-state index in [1.54, 1.807) is 11.8 Å². The quantitative estimate of drug-likeness (QED) is 0.650. The highest BCUT2D eigenvalue weighted by molar-refractivity contribution is 7.98. The third kappa shape index (κ3) is 3.73. The molecule has 0 spiro atoms. The number of anilines is 2. The van der Waals surface area contributed by atoms with Crippen molar-refractivity contribution in [3.63, 3.8) is 0 Å². The van der Waals surface area contributed by atoms with Crippen LogP contribution in [0.1, 0.15) is 13.3 Å². The van der Waals surface area contributed by atoms with Crippen molar-refractivity contribution in [2.24, 2.45) is 5.92 Å². The molecule has 19 heavy (non-hydrogen) atoms. The molecule has 2 atom stereocenters. The van der Waals surface area contributed by atoms with Crippen LogP contribution in [-0.4, -0.2) is 54.4 Å². The molecule has 2 rings (SSSR count). The molecule has 1 aliphatic heterocycles. The summed E-state index contributed by atoms with van der Waals surface area (Å²) in [6.45, 7) is 4.57. The fourth-order valence-electron chi connectivity index (χ4n) is 2.48. The van der Waals surface area contributed by atoms with Gasteiger partial charge in [0.1, 0.15) is 11.6 Å². The Labute approximate surface area is 119 Å². The average molecular weight is 281 g/mol. The van der Waals surface area contributed by atoms with E-state index in [-0.39, 0.29) is 0 Å². The first-order valence-electron chi connectivity index (χ1n) is 6.68. The summed E-state index contributed by atoms with van der Waals surface area (Å²) in [7, 11) is 4.07. The Bertz CT molecular complexity index is 403. The fourth-order valence-corrected chi connectivity index (χ4v) is 2.86. The molecule has 6 heteroatoms. The Hall–Kier alpha value is -1.01. The molecule has 0 aliphatic carbocycles. The first kappa shape index (κ1) is 14.4. The van der Waals surface area contributed by atoms with E-state index in [9.17, 15) is 0 Å². The topological polar surface area (TPSA) is 53.1 Å². The lowest BCUT2D eigenvalue weighted by molar-refractivity contribution is 0.206. The van der Waals surface area contributed by atoms with Gasteiger partial charge in [-0.2, -0.15) is 0 Å². The Morgan fingerprint density at radius 1 is 1.37 bits per heavy atom. The minimum absolute atomic E-state index is 0.491. The molecular formula is C13H23N5S. The maximum absolute atomic E-state index is 4.53. The van der Waals surface area contributed by atoms with Gasteiger partial charge in [-0.05, 0) is 32.2 Å². The van der Waals surface area contributed by atoms with Gasteiger partial charge >= 0.3 is 0 Å². The second-order valence-electron chi connectivity index (χ2n) is 5.15. The highest BCUT2D eigenvalue weighted by atomic mass is 32.2. The van der Waals surface area contributed by atoms with Crippen LogP contribution < -0.4 is 10.6 Å². The molecule has 2 heterocycles. The van der Waals surface area contributed by atoms with Gasteiger partial charge < -0.3 is 15.5 Å². The van der Waals surface area contributed by atoms with E-state index in [4.69, 9.17) is 0 Å². The van der Waals surface area contributed by atoms with Gasteiger partial charge in [-0.15, -0.1) is 0 Å². The first-order valence-corrected chi connectivity index (χ1v) is 7.90. The van der Waals surface area contributed by atoms with E-state index in [0.717, 1.165) is 36.3 Å². The van der Waals surface area contributed by atoms with Crippen molar-refractivity contribution in [3.05, 3.63) is 6.07 Å². The molecule has 5 nitrogen and oxygen atoms in total. The lowest BCUT2D eigenvalue weighted by Crippen LogP contribution is -2.43. The Balaban J connectivity index is 2.09. The molecule has 0 amide bonds. The molecular weight excluding hydrogens is 258 g/mol. The minimum atomic E-state index is 0.491. The van der Waals surface area contributed by atoms with Gasteiger partial charge in [0, 0.05) is 25.7 Å². The number of aromatic nitrogens is 2. The first-order chi connectivity index (χ1) is 9.12. The zero-order valence-electron chi connectivity index (χ0n) is 12.1. The molecule has 1 aromatic rings. The summed E-state index contributed by atoms with van der Waals surface area (Å²) in [5, 5.41) is 7.46. The Morgan fingerprint density at radius 3 is 2.74 bits per heavy atom. The van der Waals surface area contributed by atoms with Gasteiger partial charge in [0.15, 0.2) is 5.16 Å². The molecule has 2 unspecified atom stereocenters. The molecule has 1 aromatic heterocycles. The van der Waals surface area contributed by atoms with Crippen LogP contribution in [0, 0.1) is 5.92 Å². The summed E-state index contributed by atoms with van der Waals surface area (Å²) in [5.74, 6) is 2.41. The smallest absolute Gasteiger partial charge is 0.191 e. The van der Waals surface area contributed by atoms with Crippen LogP contribution in [0.25, 0.3) is 0 Å². The van der Waals surface area contributed by atoms with Gasteiger partial charge in [0.25, 0.3) is 0 Å². The molecule has 0 radical (unpaired) electrons. The van der Waals surface area contributed by atoms with Gasteiger partial charge in [-0.3, -0.25) is 0 Å². The Kier molecular flexibility index (Phi) is 4.87. The lowest BCUT2D eigenvalue weighted by atomic mass is 9.94. The van der Waals surface area contributed by atoms with Crippen LogP contribution in [0.2, 0.25) is 0 Å². The number of thioether (sulfide) groups is 1. The van der Waals surface area contributed by atoms with Crippen molar-refractivity contribution < 1.29 is 0 Å². The monoisotopic (exact) mass is 281 g/mol. The van der Waals surface area contributed by atoms with Crippen LogP contribution in [0.4, 0.5) is 11.6 Å². The summed E-state index contributed by atoms with van der Waals surface area (Å²) in [6, 6.07) is 2.47. The lowest BCUT2D eigenvalue weighted by Gasteiger charge is -2.35. The number of piperidine rings is 1. The maximum Gasteiger partial charge on any atom is 0.191 e. The second-order valence-corrected chi connectivity index (χ2v) is 5.93. The number of likely N-dealkylation sites (tertiary alicyclic amines) is 1. The number of nitrogens with zero attached hydrogens (tertiary/aromatic N) is 3. The van der Waals surface area contributed by atoms with E-state index in [1.807, 2.05) is 19.4 Å². The summed E-state index contributed by atoms with van der Waals surface area (Å²) in [4.78, 5) is 11.3. The van der Waals surface area contributed by atoms with Crippen molar-refractivity contribution in [1.29, 1.82) is 0 Å². The SMILES string of the molecule is CNc1cc(NC2CCN(C)CC2C)nc(SC)n1. The molecule has 0 bridgehead atoms. The highest BCUT2D eigenvalue weighted by Gasteiger charge is 2.24. The van der Waals surface area contributed by atoms with Crippen LogP contribution in [0.5, 0.6) is 0 Å². The largest absolute Gasteiger partial charge is 0.373 e. The summed E-state index contributed by atoms with van der Waals surface area (Å²) < 4.78 is 0. The predicted molar refractivity (Wildman–Crippen MR) is 82.0 cm³/mol. The fraction of sp³-hybridized carbons (Fsp3) is 0.692. The van der Waals surface area contributed by atoms with Crippen LogP contribution in [0.15, 0.2) is 11.2 Å². The summed E-state index contributed by atoms with van der Waals surface area (Å²) in [5.41, 5.74) is 0. The molecule has 1 aliphatic rings. The number of hydrogen-bond donors (Lipinski definition) is 2. The standard InChI is InChI=1S/C13H23N5S/c1-9-8-18(3)6-5-10(9)15-12-7-11(14-2)16-13(17-12)19-4/h7,9-10H,5-6,8H2,1-4H3,(H2,14,15,16,17). The van der Waals surface area contributed by atoms with Crippen LogP contribution in [-0.2, 0) is 0 Å². The third-order valence-electron chi connectivity index (χ3n) is 3.59. The minimum Gasteiger partial charge on any atom is -0.373 e. The average Bonchev–Trinajstić information content (AvgIpc) is 2.41. The van der Waals surface area contributed by atoms with Crippen LogP contribution in [0.3, 0.4) is 0 Å². The molecule has 0 aromatic carbocycles. The summed E-state index contributed by atoms with van der Waals surface area (Å²) >= 11 is 1.57. The molecule has 2 N–H and O–H groups in total. The van der Waals surface area contributed by atoms with Crippen molar-refractivity contribution in [2.75, 3.05) is 44.1 Å². The zero-order valence-corrected chi connectivity index (χ0v) is 12.9. The van der Waals surface area contributed by atoms with E-state index < -0.39 is 0 Å². The van der Waals surface area contributed by atoms with Crippen molar-refractivity contribution in [2.45, 2.75) is 24.5 Å². The molecule has 1 saturated heterocycles. The van der Waals surface area contributed by atoms with Gasteiger partial charge in [0.2, 0.25) is 0 Å². The van der Waals surface area contributed by atoms with Crippen LogP contribution >= 0.6 is 11.8 Å². The second kappa shape index (κ2) is 6.43. The zero-order chi connectivity index (χ0) is 13.8. The van der Waals surface area contributed by atoms with E-state index in [2.05, 4.69) is 39.5 Å². The summed E-state index contributed by atoms with van der Waals surface area (Å²) in [6.07, 6.45) is 3.15. The number of nitrogens with one attached hydrogen (secondary N) is 2. The number of rotatable bonds is 4. The van der Waals surface area contributed by atoms with E-state index in [1.165, 1.54) is 0 Å². The van der Waals surface area contributed by atoms with Crippen molar-refractivity contribution in [3.8, 4) is 0 Å². The molecule has 1 fully saturated rings. The predicted octanol–water partition coefficient (Wildman–Crippen LogP) is 1.99.